The molecule has 0 bridgehead atoms. The Labute approximate surface area is 105 Å². The summed E-state index contributed by atoms with van der Waals surface area (Å²) >= 11 is 0. The third-order valence-electron chi connectivity index (χ3n) is 2.63. The molecule has 0 amide bonds. The predicted octanol–water partition coefficient (Wildman–Crippen LogP) is 3.62. The Bertz CT molecular complexity index is 541. The first-order valence-corrected chi connectivity index (χ1v) is 5.64. The average molecular weight is 248 g/mol. The first-order valence-electron chi connectivity index (χ1n) is 5.64. The van der Waals surface area contributed by atoms with E-state index in [-0.39, 0.29) is 0 Å². The van der Waals surface area contributed by atoms with Crippen LogP contribution in [0.5, 0.6) is 0 Å². The van der Waals surface area contributed by atoms with Crippen molar-refractivity contribution in [2.75, 3.05) is 17.7 Å². The molecule has 0 fully saturated rings. The van der Waals surface area contributed by atoms with Gasteiger partial charge in [0.15, 0.2) is 11.6 Å². The fraction of sp³-hybridized carbons (Fsp3) is 0.143. The molecule has 2 nitrogen and oxygen atoms in total. The van der Waals surface area contributed by atoms with Crippen LogP contribution in [0.25, 0.3) is 0 Å². The Morgan fingerprint density at radius 1 is 0.944 bits per heavy atom. The SMILES string of the molecule is CNc1cccc(CNc2ccc(F)c(F)c2)c1. The number of hydrogen-bond donors (Lipinski definition) is 2. The summed E-state index contributed by atoms with van der Waals surface area (Å²) in [5.41, 5.74) is 2.63. The van der Waals surface area contributed by atoms with Gasteiger partial charge in [-0.1, -0.05) is 12.1 Å². The maximum Gasteiger partial charge on any atom is 0.160 e. The van der Waals surface area contributed by atoms with Gasteiger partial charge in [0.2, 0.25) is 0 Å². The van der Waals surface area contributed by atoms with Crippen molar-refractivity contribution < 1.29 is 8.78 Å². The molecule has 0 aliphatic heterocycles. The lowest BCUT2D eigenvalue weighted by Gasteiger charge is -2.08. The molecular weight excluding hydrogens is 234 g/mol. The molecule has 2 aromatic rings. The minimum Gasteiger partial charge on any atom is -0.388 e. The Morgan fingerprint density at radius 2 is 1.78 bits per heavy atom. The van der Waals surface area contributed by atoms with Crippen molar-refractivity contribution in [3.8, 4) is 0 Å². The predicted molar refractivity (Wildman–Crippen MR) is 69.7 cm³/mol. The molecule has 0 heterocycles. The Hall–Kier alpha value is -2.10. The van der Waals surface area contributed by atoms with Gasteiger partial charge < -0.3 is 10.6 Å². The van der Waals surface area contributed by atoms with Crippen LogP contribution in [0.4, 0.5) is 20.2 Å². The van der Waals surface area contributed by atoms with Gasteiger partial charge in [-0.3, -0.25) is 0 Å². The van der Waals surface area contributed by atoms with Crippen LogP contribution in [0.3, 0.4) is 0 Å². The highest BCUT2D eigenvalue weighted by Gasteiger charge is 2.02. The van der Waals surface area contributed by atoms with Gasteiger partial charge in [-0.25, -0.2) is 8.78 Å². The van der Waals surface area contributed by atoms with Crippen LogP contribution in [0.15, 0.2) is 42.5 Å². The van der Waals surface area contributed by atoms with Crippen molar-refractivity contribution in [2.45, 2.75) is 6.54 Å². The number of anilines is 2. The lowest BCUT2D eigenvalue weighted by Crippen LogP contribution is -2.01. The van der Waals surface area contributed by atoms with Crippen molar-refractivity contribution in [1.82, 2.24) is 0 Å². The lowest BCUT2D eigenvalue weighted by atomic mass is 10.2. The van der Waals surface area contributed by atoms with Gasteiger partial charge in [-0.2, -0.15) is 0 Å². The first-order chi connectivity index (χ1) is 8.69. The van der Waals surface area contributed by atoms with Gasteiger partial charge in [0.1, 0.15) is 0 Å². The van der Waals surface area contributed by atoms with Crippen molar-refractivity contribution in [3.63, 3.8) is 0 Å². The molecule has 0 saturated heterocycles. The molecule has 4 heteroatoms. The van der Waals surface area contributed by atoms with Crippen LogP contribution in [0.2, 0.25) is 0 Å². The van der Waals surface area contributed by atoms with E-state index < -0.39 is 11.6 Å². The molecule has 2 aromatic carbocycles. The van der Waals surface area contributed by atoms with Gasteiger partial charge in [0.25, 0.3) is 0 Å². The summed E-state index contributed by atoms with van der Waals surface area (Å²) in [6, 6.07) is 11.6. The summed E-state index contributed by atoms with van der Waals surface area (Å²) in [5, 5.41) is 6.09. The topological polar surface area (TPSA) is 24.1 Å². The molecule has 0 aliphatic carbocycles. The smallest absolute Gasteiger partial charge is 0.160 e. The van der Waals surface area contributed by atoms with Crippen LogP contribution in [-0.2, 0) is 6.54 Å². The van der Waals surface area contributed by atoms with Crippen molar-refractivity contribution in [3.05, 3.63) is 59.7 Å². The molecule has 0 radical (unpaired) electrons. The summed E-state index contributed by atoms with van der Waals surface area (Å²) in [6.45, 7) is 0.556. The van der Waals surface area contributed by atoms with E-state index in [1.54, 1.807) is 0 Å². The van der Waals surface area contributed by atoms with Gasteiger partial charge >= 0.3 is 0 Å². The van der Waals surface area contributed by atoms with E-state index in [1.807, 2.05) is 31.3 Å². The number of halogens is 2. The maximum atomic E-state index is 13.0. The molecule has 0 spiro atoms. The molecule has 0 aromatic heterocycles. The normalized spacial score (nSPS) is 10.2. The zero-order chi connectivity index (χ0) is 13.0. The van der Waals surface area contributed by atoms with Crippen LogP contribution < -0.4 is 10.6 Å². The van der Waals surface area contributed by atoms with Crippen LogP contribution >= 0.6 is 0 Å². The lowest BCUT2D eigenvalue weighted by molar-refractivity contribution is 0.509. The maximum absolute atomic E-state index is 13.0. The number of hydrogen-bond acceptors (Lipinski definition) is 2. The highest BCUT2D eigenvalue weighted by Crippen LogP contribution is 2.15. The summed E-state index contributed by atoms with van der Waals surface area (Å²) < 4.78 is 25.7. The molecule has 0 unspecified atom stereocenters. The van der Waals surface area contributed by atoms with Crippen LogP contribution in [0, 0.1) is 11.6 Å². The van der Waals surface area contributed by atoms with Crippen LogP contribution in [-0.4, -0.2) is 7.05 Å². The molecule has 94 valence electrons. The number of nitrogens with one attached hydrogen (secondary N) is 2. The third-order valence-corrected chi connectivity index (χ3v) is 2.63. The van der Waals surface area contributed by atoms with E-state index in [1.165, 1.54) is 6.07 Å². The summed E-state index contributed by atoms with van der Waals surface area (Å²) in [6.07, 6.45) is 0. The van der Waals surface area contributed by atoms with Crippen molar-refractivity contribution in [2.24, 2.45) is 0 Å². The summed E-state index contributed by atoms with van der Waals surface area (Å²) in [7, 11) is 1.85. The second-order valence-corrected chi connectivity index (χ2v) is 3.93. The molecular formula is C14H14F2N2. The van der Waals surface area contributed by atoms with E-state index in [0.717, 1.165) is 23.4 Å². The minimum absolute atomic E-state index is 0.556. The Morgan fingerprint density at radius 3 is 2.50 bits per heavy atom. The van der Waals surface area contributed by atoms with Gasteiger partial charge in [0, 0.05) is 31.0 Å². The van der Waals surface area contributed by atoms with E-state index in [9.17, 15) is 8.78 Å². The molecule has 0 aliphatic rings. The van der Waals surface area contributed by atoms with E-state index in [0.29, 0.717) is 12.2 Å². The summed E-state index contributed by atoms with van der Waals surface area (Å²) in [4.78, 5) is 0. The molecule has 0 atom stereocenters. The third kappa shape index (κ3) is 2.97. The fourth-order valence-electron chi connectivity index (χ4n) is 1.65. The fourth-order valence-corrected chi connectivity index (χ4v) is 1.65. The van der Waals surface area contributed by atoms with Gasteiger partial charge in [0.05, 0.1) is 0 Å². The molecule has 18 heavy (non-hydrogen) atoms. The van der Waals surface area contributed by atoms with E-state index in [2.05, 4.69) is 10.6 Å². The van der Waals surface area contributed by atoms with Crippen molar-refractivity contribution in [1.29, 1.82) is 0 Å². The largest absolute Gasteiger partial charge is 0.388 e. The van der Waals surface area contributed by atoms with Gasteiger partial charge in [-0.15, -0.1) is 0 Å². The van der Waals surface area contributed by atoms with Gasteiger partial charge in [-0.05, 0) is 29.8 Å². The van der Waals surface area contributed by atoms with Crippen molar-refractivity contribution >= 4 is 11.4 Å². The number of benzene rings is 2. The quantitative estimate of drug-likeness (QED) is 0.863. The Kier molecular flexibility index (Phi) is 3.77. The molecule has 0 saturated carbocycles. The summed E-state index contributed by atoms with van der Waals surface area (Å²) in [5.74, 6) is -1.68. The minimum atomic E-state index is -0.844. The second kappa shape index (κ2) is 5.49. The van der Waals surface area contributed by atoms with Crippen LogP contribution in [0.1, 0.15) is 5.56 Å². The monoisotopic (exact) mass is 248 g/mol. The highest BCUT2D eigenvalue weighted by atomic mass is 19.2. The number of rotatable bonds is 4. The second-order valence-electron chi connectivity index (χ2n) is 3.93. The standard InChI is InChI=1S/C14H14F2N2/c1-17-11-4-2-3-10(7-11)9-18-12-5-6-13(15)14(16)8-12/h2-8,17-18H,9H2,1H3. The Balaban J connectivity index is 2.04. The van der Waals surface area contributed by atoms with E-state index in [4.69, 9.17) is 0 Å². The molecule has 2 N–H and O–H groups in total. The first kappa shape index (κ1) is 12.4. The van der Waals surface area contributed by atoms with E-state index >= 15 is 0 Å². The molecule has 2 rings (SSSR count). The average Bonchev–Trinajstić information content (AvgIpc) is 2.40. The highest BCUT2D eigenvalue weighted by molar-refractivity contribution is 5.48. The zero-order valence-electron chi connectivity index (χ0n) is 10.0. The zero-order valence-corrected chi connectivity index (χ0v) is 10.0.